The van der Waals surface area contributed by atoms with Gasteiger partial charge in [0.15, 0.2) is 0 Å². The molecular weight excluding hydrogens is 408 g/mol. The molecule has 0 aliphatic heterocycles. The molecule has 0 saturated heterocycles. The number of hydrogen-bond donors (Lipinski definition) is 1. The van der Waals surface area contributed by atoms with E-state index in [2.05, 4.69) is 0 Å². The van der Waals surface area contributed by atoms with Gasteiger partial charge >= 0.3 is 16.1 Å². The predicted molar refractivity (Wildman–Crippen MR) is 110 cm³/mol. The molecule has 3 aromatic carbocycles. The second-order valence-corrected chi connectivity index (χ2v) is 7.54. The molecule has 8 heteroatoms. The SMILES string of the molecule is COC=C(C(=O)O)c1ccccc1Oc1cccc(OS(=O)(=O)c2ccccc2)c1. The molecule has 0 aliphatic rings. The molecule has 0 aromatic heterocycles. The highest BCUT2D eigenvalue weighted by atomic mass is 32.2. The van der Waals surface area contributed by atoms with Gasteiger partial charge in [0.2, 0.25) is 0 Å². The topological polar surface area (TPSA) is 99.1 Å². The molecular formula is C22H18O7S. The molecule has 0 heterocycles. The zero-order valence-electron chi connectivity index (χ0n) is 15.9. The zero-order chi connectivity index (χ0) is 21.6. The van der Waals surface area contributed by atoms with Gasteiger partial charge in [-0.1, -0.05) is 42.5 Å². The quantitative estimate of drug-likeness (QED) is 0.325. The van der Waals surface area contributed by atoms with Crippen LogP contribution in [0.2, 0.25) is 0 Å². The zero-order valence-corrected chi connectivity index (χ0v) is 16.7. The van der Waals surface area contributed by atoms with Crippen molar-refractivity contribution in [3.05, 3.63) is 90.7 Å². The van der Waals surface area contributed by atoms with Crippen molar-refractivity contribution in [2.45, 2.75) is 4.90 Å². The van der Waals surface area contributed by atoms with Crippen molar-refractivity contribution in [2.75, 3.05) is 7.11 Å². The Kier molecular flexibility index (Phi) is 6.38. The van der Waals surface area contributed by atoms with Crippen LogP contribution in [0, 0.1) is 0 Å². The van der Waals surface area contributed by atoms with Gasteiger partial charge in [-0.3, -0.25) is 0 Å². The van der Waals surface area contributed by atoms with E-state index in [9.17, 15) is 18.3 Å². The third-order valence-corrected chi connectivity index (χ3v) is 5.18. The molecule has 3 aromatic rings. The molecule has 7 nitrogen and oxygen atoms in total. The molecule has 1 N–H and O–H groups in total. The summed E-state index contributed by atoms with van der Waals surface area (Å²) in [6.45, 7) is 0. The van der Waals surface area contributed by atoms with Gasteiger partial charge in [0, 0.05) is 11.6 Å². The Labute approximate surface area is 173 Å². The fourth-order valence-electron chi connectivity index (χ4n) is 2.60. The van der Waals surface area contributed by atoms with Crippen LogP contribution in [0.4, 0.5) is 0 Å². The van der Waals surface area contributed by atoms with Crippen molar-refractivity contribution in [3.63, 3.8) is 0 Å². The molecule has 0 spiro atoms. The second-order valence-electron chi connectivity index (χ2n) is 6.00. The van der Waals surface area contributed by atoms with Gasteiger partial charge < -0.3 is 18.8 Å². The molecule has 0 bridgehead atoms. The first kappa shape index (κ1) is 20.9. The van der Waals surface area contributed by atoms with Crippen LogP contribution in [0.3, 0.4) is 0 Å². The number of carboxylic acids is 1. The summed E-state index contributed by atoms with van der Waals surface area (Å²) in [6.07, 6.45) is 1.11. The molecule has 30 heavy (non-hydrogen) atoms. The van der Waals surface area contributed by atoms with E-state index in [0.29, 0.717) is 5.56 Å². The minimum atomic E-state index is -4.00. The lowest BCUT2D eigenvalue weighted by Crippen LogP contribution is -2.09. The van der Waals surface area contributed by atoms with E-state index in [1.54, 1.807) is 54.6 Å². The third kappa shape index (κ3) is 4.98. The minimum Gasteiger partial charge on any atom is -0.503 e. The molecule has 0 fully saturated rings. The Morgan fingerprint density at radius 2 is 1.57 bits per heavy atom. The molecule has 154 valence electrons. The van der Waals surface area contributed by atoms with E-state index in [0.717, 1.165) is 6.26 Å². The number of rotatable bonds is 8. The molecule has 0 radical (unpaired) electrons. The van der Waals surface area contributed by atoms with Gasteiger partial charge in [0.1, 0.15) is 27.7 Å². The van der Waals surface area contributed by atoms with E-state index in [1.807, 2.05) is 0 Å². The van der Waals surface area contributed by atoms with E-state index in [-0.39, 0.29) is 27.7 Å². The van der Waals surface area contributed by atoms with Gasteiger partial charge in [-0.15, -0.1) is 0 Å². The van der Waals surface area contributed by atoms with Crippen LogP contribution in [0.15, 0.2) is 90.0 Å². The fraction of sp³-hybridized carbons (Fsp3) is 0.0455. The molecule has 0 aliphatic carbocycles. The van der Waals surface area contributed by atoms with Crippen LogP contribution in [0.1, 0.15) is 5.56 Å². The van der Waals surface area contributed by atoms with Gasteiger partial charge in [0.05, 0.1) is 13.4 Å². The Hall–Kier alpha value is -3.78. The number of carbonyl (C=O) groups is 1. The third-order valence-electron chi connectivity index (χ3n) is 3.91. The summed E-state index contributed by atoms with van der Waals surface area (Å²) in [5, 5.41) is 9.44. The first-order chi connectivity index (χ1) is 14.4. The molecule has 0 unspecified atom stereocenters. The molecule has 3 rings (SSSR count). The molecule has 0 saturated carbocycles. The van der Waals surface area contributed by atoms with Gasteiger partial charge in [-0.25, -0.2) is 4.79 Å². The van der Waals surface area contributed by atoms with E-state index >= 15 is 0 Å². The maximum absolute atomic E-state index is 12.4. The number of benzene rings is 3. The van der Waals surface area contributed by atoms with Crippen molar-refractivity contribution < 1.29 is 32.0 Å². The Bertz CT molecular complexity index is 1170. The first-order valence-electron chi connectivity index (χ1n) is 8.74. The van der Waals surface area contributed by atoms with E-state index < -0.39 is 16.1 Å². The summed E-state index contributed by atoms with van der Waals surface area (Å²) in [7, 11) is -2.65. The summed E-state index contributed by atoms with van der Waals surface area (Å²) in [6, 6.07) is 20.3. The van der Waals surface area contributed by atoms with Crippen molar-refractivity contribution in [1.29, 1.82) is 0 Å². The van der Waals surface area contributed by atoms with Gasteiger partial charge in [-0.05, 0) is 30.3 Å². The summed E-state index contributed by atoms with van der Waals surface area (Å²) in [4.78, 5) is 11.6. The van der Waals surface area contributed by atoms with Crippen LogP contribution >= 0.6 is 0 Å². The van der Waals surface area contributed by atoms with Gasteiger partial charge in [-0.2, -0.15) is 8.42 Å². The van der Waals surface area contributed by atoms with Gasteiger partial charge in [0.25, 0.3) is 0 Å². The summed E-state index contributed by atoms with van der Waals surface area (Å²) >= 11 is 0. The van der Waals surface area contributed by atoms with E-state index in [1.165, 1.54) is 31.4 Å². The smallest absolute Gasteiger partial charge is 0.339 e. The predicted octanol–water partition coefficient (Wildman–Crippen LogP) is 4.32. The van der Waals surface area contributed by atoms with Crippen LogP contribution in [0.25, 0.3) is 5.57 Å². The van der Waals surface area contributed by atoms with Crippen LogP contribution in [-0.2, 0) is 19.6 Å². The monoisotopic (exact) mass is 426 g/mol. The van der Waals surface area contributed by atoms with Crippen molar-refractivity contribution in [3.8, 4) is 17.2 Å². The standard InChI is InChI=1S/C22H18O7S/c1-27-15-20(22(23)24)19-12-5-6-13-21(19)28-16-8-7-9-17(14-16)29-30(25,26)18-10-3-2-4-11-18/h2-15H,1H3,(H,23,24). The van der Waals surface area contributed by atoms with Crippen LogP contribution in [0.5, 0.6) is 17.2 Å². The van der Waals surface area contributed by atoms with Crippen LogP contribution in [-0.4, -0.2) is 26.6 Å². The Morgan fingerprint density at radius 3 is 2.27 bits per heavy atom. The number of carboxylic acid groups (broad SMARTS) is 1. The summed E-state index contributed by atoms with van der Waals surface area (Å²) in [5.41, 5.74) is 0.210. The molecule has 0 amide bonds. The Morgan fingerprint density at radius 1 is 0.900 bits per heavy atom. The number of methoxy groups -OCH3 is 1. The lowest BCUT2D eigenvalue weighted by atomic mass is 10.1. The number of para-hydroxylation sites is 1. The van der Waals surface area contributed by atoms with Crippen molar-refractivity contribution in [1.82, 2.24) is 0 Å². The number of aliphatic carboxylic acids is 1. The average Bonchev–Trinajstić information content (AvgIpc) is 2.73. The summed E-state index contributed by atoms with van der Waals surface area (Å²) in [5.74, 6) is -0.602. The summed E-state index contributed by atoms with van der Waals surface area (Å²) < 4.78 is 40.7. The lowest BCUT2D eigenvalue weighted by Gasteiger charge is -2.13. The number of hydrogen-bond acceptors (Lipinski definition) is 6. The second kappa shape index (κ2) is 9.15. The normalized spacial score (nSPS) is 11.6. The highest BCUT2D eigenvalue weighted by Crippen LogP contribution is 2.32. The lowest BCUT2D eigenvalue weighted by molar-refractivity contribution is -0.130. The largest absolute Gasteiger partial charge is 0.503 e. The number of ether oxygens (including phenoxy) is 2. The van der Waals surface area contributed by atoms with Crippen molar-refractivity contribution in [2.24, 2.45) is 0 Å². The molecule has 0 atom stereocenters. The Balaban J connectivity index is 1.88. The average molecular weight is 426 g/mol. The minimum absolute atomic E-state index is 0.0254. The maximum Gasteiger partial charge on any atom is 0.339 e. The van der Waals surface area contributed by atoms with Crippen molar-refractivity contribution >= 4 is 21.7 Å². The highest BCUT2D eigenvalue weighted by molar-refractivity contribution is 7.87. The van der Waals surface area contributed by atoms with E-state index in [4.69, 9.17) is 13.7 Å². The highest BCUT2D eigenvalue weighted by Gasteiger charge is 2.18. The fourth-order valence-corrected chi connectivity index (χ4v) is 3.55. The first-order valence-corrected chi connectivity index (χ1v) is 10.1. The van der Waals surface area contributed by atoms with Crippen LogP contribution < -0.4 is 8.92 Å². The maximum atomic E-state index is 12.4.